The van der Waals surface area contributed by atoms with E-state index in [1.165, 1.54) is 7.05 Å². The van der Waals surface area contributed by atoms with E-state index in [1.807, 2.05) is 13.8 Å². The molecule has 0 aliphatic heterocycles. The number of hydrogen-bond acceptors (Lipinski definition) is 4. The summed E-state index contributed by atoms with van der Waals surface area (Å²) in [5, 5.41) is 13.2. The Labute approximate surface area is 127 Å². The fourth-order valence-electron chi connectivity index (χ4n) is 1.94. The monoisotopic (exact) mass is 314 g/mol. The first kappa shape index (κ1) is 18.1. The molecule has 3 unspecified atom stereocenters. The Hall–Kier alpha value is -0.950. The maximum atomic E-state index is 11.6. The van der Waals surface area contributed by atoms with E-state index in [0.29, 0.717) is 6.54 Å². The molecule has 0 aliphatic carbocycles. The molecule has 0 spiro atoms. The van der Waals surface area contributed by atoms with Gasteiger partial charge in [-0.15, -0.1) is 0 Å². The highest BCUT2D eigenvalue weighted by Gasteiger charge is 2.15. The van der Waals surface area contributed by atoms with Gasteiger partial charge in [0.1, 0.15) is 0 Å². The van der Waals surface area contributed by atoms with Crippen LogP contribution in [0.25, 0.3) is 0 Å². The van der Waals surface area contributed by atoms with E-state index in [2.05, 4.69) is 17.0 Å². The van der Waals surface area contributed by atoms with Crippen LogP contribution in [0, 0.1) is 5.92 Å². The second-order valence-corrected chi connectivity index (χ2v) is 7.25. The first-order valence-electron chi connectivity index (χ1n) is 7.26. The summed E-state index contributed by atoms with van der Waals surface area (Å²) in [6.07, 6.45) is 0.565. The van der Waals surface area contributed by atoms with E-state index in [1.54, 1.807) is 24.3 Å². The van der Waals surface area contributed by atoms with Gasteiger partial charge in [0, 0.05) is 12.6 Å². The van der Waals surface area contributed by atoms with Gasteiger partial charge in [0.15, 0.2) is 0 Å². The number of benzene rings is 1. The standard InChI is InChI=1S/C15H26N2O3S/c1-5-11(2)15(18)10-17-12(3)13-6-8-14(9-7-13)21(19,20)16-4/h6-9,11-12,15-18H,5,10H2,1-4H3. The number of aliphatic hydroxyl groups excluding tert-OH is 1. The van der Waals surface area contributed by atoms with Crippen molar-refractivity contribution < 1.29 is 13.5 Å². The molecule has 0 amide bonds. The van der Waals surface area contributed by atoms with Crippen molar-refractivity contribution >= 4 is 10.0 Å². The summed E-state index contributed by atoms with van der Waals surface area (Å²) in [5.74, 6) is 0.257. The minimum Gasteiger partial charge on any atom is -0.392 e. The first-order valence-corrected chi connectivity index (χ1v) is 8.75. The average Bonchev–Trinajstić information content (AvgIpc) is 2.51. The number of sulfonamides is 1. The molecule has 120 valence electrons. The van der Waals surface area contributed by atoms with E-state index >= 15 is 0 Å². The molecule has 5 nitrogen and oxygen atoms in total. The molecule has 3 N–H and O–H groups in total. The topological polar surface area (TPSA) is 78.4 Å². The summed E-state index contributed by atoms with van der Waals surface area (Å²) >= 11 is 0. The van der Waals surface area contributed by atoms with Crippen LogP contribution in [0.4, 0.5) is 0 Å². The molecule has 0 aliphatic rings. The highest BCUT2D eigenvalue weighted by atomic mass is 32.2. The number of hydrogen-bond donors (Lipinski definition) is 3. The normalized spacial score (nSPS) is 16.4. The predicted molar refractivity (Wildman–Crippen MR) is 84.6 cm³/mol. The number of rotatable bonds is 8. The highest BCUT2D eigenvalue weighted by molar-refractivity contribution is 7.89. The second kappa shape index (κ2) is 7.89. The van der Waals surface area contributed by atoms with Gasteiger partial charge in [0.05, 0.1) is 11.0 Å². The fraction of sp³-hybridized carbons (Fsp3) is 0.600. The summed E-state index contributed by atoms with van der Waals surface area (Å²) in [7, 11) is -2.00. The van der Waals surface area contributed by atoms with Crippen LogP contribution in [0.3, 0.4) is 0 Å². The van der Waals surface area contributed by atoms with Crippen LogP contribution in [0.1, 0.15) is 38.8 Å². The van der Waals surface area contributed by atoms with Crippen LogP contribution in [0.5, 0.6) is 0 Å². The third kappa shape index (κ3) is 5.07. The van der Waals surface area contributed by atoms with Gasteiger partial charge in [-0.3, -0.25) is 0 Å². The van der Waals surface area contributed by atoms with Gasteiger partial charge in [0.25, 0.3) is 0 Å². The quantitative estimate of drug-likeness (QED) is 0.682. The Balaban J connectivity index is 2.66. The minimum atomic E-state index is -3.39. The van der Waals surface area contributed by atoms with E-state index in [4.69, 9.17) is 0 Å². The Morgan fingerprint density at radius 1 is 1.19 bits per heavy atom. The second-order valence-electron chi connectivity index (χ2n) is 5.36. The third-order valence-electron chi connectivity index (χ3n) is 3.89. The minimum absolute atomic E-state index is 0.0510. The van der Waals surface area contributed by atoms with Crippen LogP contribution in [-0.4, -0.2) is 33.2 Å². The lowest BCUT2D eigenvalue weighted by Gasteiger charge is -2.21. The van der Waals surface area contributed by atoms with Gasteiger partial charge < -0.3 is 10.4 Å². The lowest BCUT2D eigenvalue weighted by Crippen LogP contribution is -2.33. The van der Waals surface area contributed by atoms with Gasteiger partial charge in [-0.25, -0.2) is 13.1 Å². The molecule has 3 atom stereocenters. The van der Waals surface area contributed by atoms with Crippen molar-refractivity contribution in [3.63, 3.8) is 0 Å². The number of nitrogens with one attached hydrogen (secondary N) is 2. The molecule has 6 heteroatoms. The summed E-state index contributed by atoms with van der Waals surface area (Å²) in [5.41, 5.74) is 0.987. The van der Waals surface area contributed by atoms with E-state index < -0.39 is 10.0 Å². The Morgan fingerprint density at radius 2 is 1.76 bits per heavy atom. The zero-order valence-corrected chi connectivity index (χ0v) is 13.9. The van der Waals surface area contributed by atoms with Crippen molar-refractivity contribution in [2.24, 2.45) is 5.92 Å². The maximum absolute atomic E-state index is 11.6. The summed E-state index contributed by atoms with van der Waals surface area (Å²) in [6, 6.07) is 6.80. The van der Waals surface area contributed by atoms with E-state index in [-0.39, 0.29) is 23.0 Å². The van der Waals surface area contributed by atoms with Crippen molar-refractivity contribution in [1.82, 2.24) is 10.0 Å². The van der Waals surface area contributed by atoms with Crippen LogP contribution in [0.15, 0.2) is 29.2 Å². The molecule has 1 rings (SSSR count). The van der Waals surface area contributed by atoms with E-state index in [0.717, 1.165) is 12.0 Å². The SMILES string of the molecule is CCC(C)C(O)CNC(C)c1ccc(S(=O)(=O)NC)cc1. The van der Waals surface area contributed by atoms with Gasteiger partial charge in [-0.05, 0) is 37.6 Å². The molecule has 1 aromatic rings. The molecule has 1 aromatic carbocycles. The van der Waals surface area contributed by atoms with Crippen molar-refractivity contribution in [3.8, 4) is 0 Å². The zero-order chi connectivity index (χ0) is 16.0. The zero-order valence-electron chi connectivity index (χ0n) is 13.1. The van der Waals surface area contributed by atoms with Gasteiger partial charge in [-0.1, -0.05) is 32.4 Å². The Kier molecular flexibility index (Phi) is 6.80. The van der Waals surface area contributed by atoms with Gasteiger partial charge in [-0.2, -0.15) is 0 Å². The van der Waals surface area contributed by atoms with Crippen molar-refractivity contribution in [2.45, 2.75) is 44.2 Å². The Morgan fingerprint density at radius 3 is 2.24 bits per heavy atom. The Bertz CT molecular complexity index is 528. The largest absolute Gasteiger partial charge is 0.392 e. The van der Waals surface area contributed by atoms with E-state index in [9.17, 15) is 13.5 Å². The molecule has 0 fully saturated rings. The lowest BCUT2D eigenvalue weighted by molar-refractivity contribution is 0.110. The lowest BCUT2D eigenvalue weighted by atomic mass is 10.0. The molecule has 0 bridgehead atoms. The number of aliphatic hydroxyl groups is 1. The molecule has 0 heterocycles. The van der Waals surface area contributed by atoms with Crippen molar-refractivity contribution in [1.29, 1.82) is 0 Å². The first-order chi connectivity index (χ1) is 9.81. The van der Waals surface area contributed by atoms with Crippen LogP contribution < -0.4 is 10.0 Å². The fourth-order valence-corrected chi connectivity index (χ4v) is 2.67. The predicted octanol–water partition coefficient (Wildman–Crippen LogP) is 1.65. The third-order valence-corrected chi connectivity index (χ3v) is 5.32. The summed E-state index contributed by atoms with van der Waals surface area (Å²) < 4.78 is 25.6. The molecular weight excluding hydrogens is 288 g/mol. The molecule has 0 saturated heterocycles. The highest BCUT2D eigenvalue weighted by Crippen LogP contribution is 2.16. The molecule has 0 radical (unpaired) electrons. The smallest absolute Gasteiger partial charge is 0.240 e. The summed E-state index contributed by atoms with van der Waals surface area (Å²) in [4.78, 5) is 0.251. The summed E-state index contributed by atoms with van der Waals surface area (Å²) in [6.45, 7) is 6.59. The average molecular weight is 314 g/mol. The maximum Gasteiger partial charge on any atom is 0.240 e. The molecule has 0 aromatic heterocycles. The van der Waals surface area contributed by atoms with Crippen molar-refractivity contribution in [2.75, 3.05) is 13.6 Å². The van der Waals surface area contributed by atoms with Crippen molar-refractivity contribution in [3.05, 3.63) is 29.8 Å². The molecular formula is C15H26N2O3S. The van der Waals surface area contributed by atoms with Gasteiger partial charge in [0.2, 0.25) is 10.0 Å². The molecule has 21 heavy (non-hydrogen) atoms. The molecule has 0 saturated carbocycles. The van der Waals surface area contributed by atoms with Crippen LogP contribution in [-0.2, 0) is 10.0 Å². The van der Waals surface area contributed by atoms with Crippen LogP contribution >= 0.6 is 0 Å². The van der Waals surface area contributed by atoms with Gasteiger partial charge >= 0.3 is 0 Å². The van der Waals surface area contributed by atoms with Crippen LogP contribution in [0.2, 0.25) is 0 Å².